The van der Waals surface area contributed by atoms with Crippen LogP contribution >= 0.6 is 19.0 Å². The molecule has 2 aliphatic heterocycles. The second kappa shape index (κ2) is 17.7. The Morgan fingerprint density at radius 3 is 1.55 bits per heavy atom. The number of nitrogens with one attached hydrogen (secondary N) is 1. The monoisotopic (exact) mass is 838 g/mol. The lowest BCUT2D eigenvalue weighted by molar-refractivity contribution is -0.154. The maximum Gasteiger partial charge on any atom is 0.356 e. The predicted molar refractivity (Wildman–Crippen MR) is 223 cm³/mol. The van der Waals surface area contributed by atoms with Crippen LogP contribution in [0.4, 0.5) is 0 Å². The van der Waals surface area contributed by atoms with Crippen LogP contribution < -0.4 is 38.2 Å². The van der Waals surface area contributed by atoms with E-state index >= 15 is 4.79 Å². The number of carbonyl (C=O) groups excluding carboxylic acids is 3. The number of hydrogen-bond acceptors (Lipinski definition) is 5. The van der Waals surface area contributed by atoms with Gasteiger partial charge in [0.1, 0.15) is 40.3 Å². The molecule has 6 aromatic carbocycles. The molecule has 2 amide bonds. The standard InChI is InChI=1S/C47H39N2O4PS.BrH/c50-41(31-34-19-7-1-8-20-34)48-42-45(51)49-43(47(52)53-44(35-21-9-2-10-22-35)36-23-11-3-12-24-36)37(33-55-46(42)49)32-54(38-25-13-4-14-26-38,39-27-15-5-16-28-39)40-29-17-6-18-30-40;/h1-30,42,44,46H,31-33H2;1H/t42?,46-;/m1./s1. The van der Waals surface area contributed by atoms with Crippen LogP contribution in [-0.2, 0) is 25.5 Å². The molecule has 1 unspecified atom stereocenters. The van der Waals surface area contributed by atoms with Gasteiger partial charge in [-0.3, -0.25) is 14.5 Å². The Morgan fingerprint density at radius 1 is 0.661 bits per heavy atom. The van der Waals surface area contributed by atoms with Gasteiger partial charge in [0.05, 0.1) is 12.6 Å². The molecule has 2 heterocycles. The zero-order valence-electron chi connectivity index (χ0n) is 30.5. The number of hydrogen-bond donors (Lipinski definition) is 1. The Morgan fingerprint density at radius 2 is 1.09 bits per heavy atom. The summed E-state index contributed by atoms with van der Waals surface area (Å²) in [5, 5.41) is 6.05. The van der Waals surface area contributed by atoms with Gasteiger partial charge < -0.3 is 27.0 Å². The highest BCUT2D eigenvalue weighted by Crippen LogP contribution is 2.58. The van der Waals surface area contributed by atoms with Crippen molar-refractivity contribution in [1.82, 2.24) is 10.2 Å². The molecule has 0 spiro atoms. The average molecular weight is 840 g/mol. The average Bonchev–Trinajstić information content (AvgIpc) is 3.25. The van der Waals surface area contributed by atoms with Crippen LogP contribution in [-0.4, -0.2) is 46.0 Å². The minimum Gasteiger partial charge on any atom is -1.00 e. The van der Waals surface area contributed by atoms with Gasteiger partial charge in [-0.05, 0) is 53.1 Å². The molecule has 0 saturated carbocycles. The summed E-state index contributed by atoms with van der Waals surface area (Å²) < 4.78 is 6.55. The number of thioether (sulfide) groups is 1. The van der Waals surface area contributed by atoms with Gasteiger partial charge in [0, 0.05) is 11.3 Å². The van der Waals surface area contributed by atoms with Gasteiger partial charge in [-0.15, -0.1) is 11.8 Å². The van der Waals surface area contributed by atoms with Gasteiger partial charge >= 0.3 is 5.97 Å². The summed E-state index contributed by atoms with van der Waals surface area (Å²) in [4.78, 5) is 44.1. The first-order valence-electron chi connectivity index (χ1n) is 18.4. The fraction of sp³-hybridized carbons (Fsp3) is 0.128. The quantitative estimate of drug-likeness (QED) is 0.114. The van der Waals surface area contributed by atoms with Gasteiger partial charge in [-0.1, -0.05) is 146 Å². The van der Waals surface area contributed by atoms with E-state index in [1.165, 1.54) is 15.9 Å². The van der Waals surface area contributed by atoms with Crippen molar-refractivity contribution in [1.29, 1.82) is 0 Å². The Labute approximate surface area is 343 Å². The molecule has 2 atom stereocenters. The number of amides is 2. The maximum atomic E-state index is 15.0. The smallest absolute Gasteiger partial charge is 0.356 e. The molecule has 2 aliphatic rings. The number of esters is 1. The van der Waals surface area contributed by atoms with Crippen molar-refractivity contribution in [3.05, 3.63) is 210 Å². The molecule has 8 rings (SSSR count). The van der Waals surface area contributed by atoms with E-state index in [2.05, 4.69) is 78.1 Å². The van der Waals surface area contributed by atoms with E-state index in [1.807, 2.05) is 109 Å². The number of β-lactam (4-membered cyclic amide) rings is 1. The lowest BCUT2D eigenvalue weighted by Gasteiger charge is -2.50. The molecule has 56 heavy (non-hydrogen) atoms. The molecule has 1 fully saturated rings. The van der Waals surface area contributed by atoms with Crippen LogP contribution in [0.5, 0.6) is 0 Å². The van der Waals surface area contributed by atoms with Crippen molar-refractivity contribution in [3.8, 4) is 0 Å². The molecule has 0 bridgehead atoms. The molecule has 0 aliphatic carbocycles. The SMILES string of the molecule is O=C(Cc1ccccc1)NC1C(=O)N2C(C(=O)OC(c3ccccc3)c3ccccc3)=C(C[P+](c3ccccc3)(c3ccccc3)c3ccccc3)CS[C@H]12.[Br-]. The molecule has 1 N–H and O–H groups in total. The number of fused-ring (bicyclic) bond motifs is 1. The number of halogens is 1. The van der Waals surface area contributed by atoms with Gasteiger partial charge in [0.2, 0.25) is 5.91 Å². The van der Waals surface area contributed by atoms with Crippen LogP contribution in [0, 0.1) is 0 Å². The van der Waals surface area contributed by atoms with Crippen molar-refractivity contribution in [2.24, 2.45) is 0 Å². The second-order valence-corrected chi connectivity index (χ2v) is 18.2. The summed E-state index contributed by atoms with van der Waals surface area (Å²) in [6.45, 7) is 0. The van der Waals surface area contributed by atoms with E-state index in [0.717, 1.165) is 22.3 Å². The molecule has 6 nitrogen and oxygen atoms in total. The molecular weight excluding hydrogens is 799 g/mol. The van der Waals surface area contributed by atoms with Crippen molar-refractivity contribution in [2.45, 2.75) is 23.9 Å². The summed E-state index contributed by atoms with van der Waals surface area (Å²) in [6.07, 6.45) is -0.0245. The third kappa shape index (κ3) is 7.88. The molecule has 280 valence electrons. The van der Waals surface area contributed by atoms with E-state index in [-0.39, 0.29) is 40.9 Å². The lowest BCUT2D eigenvalue weighted by Crippen LogP contribution is -3.00. The number of nitrogens with zero attached hydrogens (tertiary/aromatic N) is 1. The number of rotatable bonds is 12. The van der Waals surface area contributed by atoms with Crippen LogP contribution in [0.3, 0.4) is 0 Å². The van der Waals surface area contributed by atoms with E-state index < -0.39 is 30.8 Å². The van der Waals surface area contributed by atoms with E-state index in [4.69, 9.17) is 4.74 Å². The Balaban J connectivity index is 0.00000480. The Bertz CT molecular complexity index is 2160. The van der Waals surface area contributed by atoms with Crippen LogP contribution in [0.25, 0.3) is 0 Å². The maximum absolute atomic E-state index is 15.0. The molecule has 0 aromatic heterocycles. The highest BCUT2D eigenvalue weighted by Gasteiger charge is 2.56. The predicted octanol–water partition coefficient (Wildman–Crippen LogP) is 4.21. The van der Waals surface area contributed by atoms with Crippen LogP contribution in [0.1, 0.15) is 22.8 Å². The van der Waals surface area contributed by atoms with E-state index in [9.17, 15) is 9.59 Å². The van der Waals surface area contributed by atoms with Crippen LogP contribution in [0.2, 0.25) is 0 Å². The first-order chi connectivity index (χ1) is 27.0. The summed E-state index contributed by atoms with van der Waals surface area (Å²) in [5.74, 6) is -0.631. The van der Waals surface area contributed by atoms with Gasteiger partial charge in [0.15, 0.2) is 6.10 Å². The summed E-state index contributed by atoms with van der Waals surface area (Å²) in [5.41, 5.74) is 3.63. The molecular formula is C47H40BrN2O4PS. The van der Waals surface area contributed by atoms with Gasteiger partial charge in [0.25, 0.3) is 5.91 Å². The van der Waals surface area contributed by atoms with Gasteiger partial charge in [-0.2, -0.15) is 0 Å². The lowest BCUT2D eigenvalue weighted by atomic mass is 10.0. The Kier molecular flexibility index (Phi) is 12.3. The third-order valence-electron chi connectivity index (χ3n) is 10.2. The first-order valence-corrected chi connectivity index (χ1v) is 21.4. The fourth-order valence-electron chi connectivity index (χ4n) is 7.60. The number of carbonyl (C=O) groups is 3. The minimum atomic E-state index is -2.45. The van der Waals surface area contributed by atoms with E-state index in [0.29, 0.717) is 11.9 Å². The highest BCUT2D eigenvalue weighted by molar-refractivity contribution is 8.00. The third-order valence-corrected chi connectivity index (χ3v) is 15.9. The summed E-state index contributed by atoms with van der Waals surface area (Å²) in [7, 11) is -2.45. The van der Waals surface area contributed by atoms with Crippen molar-refractivity contribution in [3.63, 3.8) is 0 Å². The second-order valence-electron chi connectivity index (χ2n) is 13.7. The zero-order valence-corrected chi connectivity index (χ0v) is 33.8. The zero-order chi connectivity index (χ0) is 37.6. The molecule has 9 heteroatoms. The molecule has 0 radical (unpaired) electrons. The molecule has 1 saturated heterocycles. The number of benzene rings is 6. The number of ether oxygens (including phenoxy) is 1. The van der Waals surface area contributed by atoms with Crippen molar-refractivity contribution >= 4 is 52.7 Å². The highest BCUT2D eigenvalue weighted by atomic mass is 79.9. The summed E-state index contributed by atoms with van der Waals surface area (Å²) >= 11 is 1.58. The first kappa shape index (κ1) is 39.0. The van der Waals surface area contributed by atoms with Gasteiger partial charge in [-0.25, -0.2) is 4.79 Å². The van der Waals surface area contributed by atoms with Crippen molar-refractivity contribution in [2.75, 3.05) is 11.9 Å². The summed E-state index contributed by atoms with van der Waals surface area (Å²) in [6, 6.07) is 59.6. The minimum absolute atomic E-state index is 0. The van der Waals surface area contributed by atoms with Crippen molar-refractivity contribution < 1.29 is 36.1 Å². The van der Waals surface area contributed by atoms with E-state index in [1.54, 1.807) is 16.7 Å². The fourth-order valence-corrected chi connectivity index (χ4v) is 13.4. The molecule has 6 aromatic rings. The largest absolute Gasteiger partial charge is 1.00 e. The normalized spacial score (nSPS) is 16.3. The van der Waals surface area contributed by atoms with Crippen LogP contribution in [0.15, 0.2) is 193 Å². The topological polar surface area (TPSA) is 75.7 Å². The Hall–Kier alpha value is -5.27.